The fourth-order valence-corrected chi connectivity index (χ4v) is 1.68. The fourth-order valence-electron chi connectivity index (χ4n) is 1.68. The number of nitrogens with two attached hydrogens (primary N) is 1. The molecule has 0 radical (unpaired) electrons. The van der Waals surface area contributed by atoms with Crippen molar-refractivity contribution in [1.82, 2.24) is 20.2 Å². The number of aromatic nitrogens is 2. The van der Waals surface area contributed by atoms with Crippen LogP contribution in [0.15, 0.2) is 12.4 Å². The molecule has 2 amide bonds. The number of carbonyl (C=O) groups is 2. The average Bonchev–Trinajstić information content (AvgIpc) is 2.36. The van der Waals surface area contributed by atoms with Crippen LogP contribution in [0.5, 0.6) is 0 Å². The van der Waals surface area contributed by atoms with Crippen molar-refractivity contribution in [2.24, 2.45) is 5.84 Å². The first-order chi connectivity index (χ1) is 8.60. The molecule has 18 heavy (non-hydrogen) atoms. The first-order valence-electron chi connectivity index (χ1n) is 5.45. The smallest absolute Gasteiger partial charge is 0.243 e. The third-order valence-corrected chi connectivity index (χ3v) is 2.75. The Bertz CT molecular complexity index is 460. The molecule has 4 N–H and O–H groups in total. The van der Waals surface area contributed by atoms with E-state index in [1.165, 1.54) is 6.20 Å². The van der Waals surface area contributed by atoms with Crippen LogP contribution in [0.25, 0.3) is 0 Å². The Kier molecular flexibility index (Phi) is 3.49. The van der Waals surface area contributed by atoms with E-state index < -0.39 is 0 Å². The highest BCUT2D eigenvalue weighted by atomic mass is 16.2. The highest BCUT2D eigenvalue weighted by Gasteiger charge is 2.30. The van der Waals surface area contributed by atoms with Crippen molar-refractivity contribution >= 4 is 17.6 Å². The maximum atomic E-state index is 11.5. The minimum atomic E-state index is -0.364. The number of piperazine rings is 1. The van der Waals surface area contributed by atoms with E-state index >= 15 is 0 Å². The zero-order chi connectivity index (χ0) is 13.1. The van der Waals surface area contributed by atoms with Crippen molar-refractivity contribution in [1.29, 1.82) is 0 Å². The highest BCUT2D eigenvalue weighted by molar-refractivity contribution is 6.00. The van der Waals surface area contributed by atoms with Gasteiger partial charge < -0.3 is 5.43 Å². The van der Waals surface area contributed by atoms with Gasteiger partial charge in [-0.1, -0.05) is 0 Å². The molecular formula is C10H14N6O2. The molecule has 8 heteroatoms. The SMILES string of the molecule is CC1C(=O)NC(=O)CN1Cc1cnc(NN)cn1. The summed E-state index contributed by atoms with van der Waals surface area (Å²) in [5, 5.41) is 2.28. The molecule has 2 heterocycles. The lowest BCUT2D eigenvalue weighted by Crippen LogP contribution is -2.56. The topological polar surface area (TPSA) is 113 Å². The second-order valence-electron chi connectivity index (χ2n) is 4.03. The van der Waals surface area contributed by atoms with Gasteiger partial charge in [0.05, 0.1) is 30.7 Å². The third kappa shape index (κ3) is 2.60. The summed E-state index contributed by atoms with van der Waals surface area (Å²) >= 11 is 0. The Morgan fingerprint density at radius 1 is 1.50 bits per heavy atom. The summed E-state index contributed by atoms with van der Waals surface area (Å²) in [6.45, 7) is 2.30. The van der Waals surface area contributed by atoms with E-state index in [2.05, 4.69) is 20.7 Å². The maximum Gasteiger partial charge on any atom is 0.243 e. The van der Waals surface area contributed by atoms with Gasteiger partial charge in [0.2, 0.25) is 11.8 Å². The monoisotopic (exact) mass is 250 g/mol. The largest absolute Gasteiger partial charge is 0.307 e. The number of hydrogen-bond donors (Lipinski definition) is 3. The van der Waals surface area contributed by atoms with Crippen LogP contribution in [-0.4, -0.2) is 39.3 Å². The van der Waals surface area contributed by atoms with Gasteiger partial charge in [-0.2, -0.15) is 0 Å². The normalized spacial score (nSPS) is 20.7. The number of carbonyl (C=O) groups excluding carboxylic acids is 2. The van der Waals surface area contributed by atoms with Gasteiger partial charge in [0.1, 0.15) is 0 Å². The zero-order valence-electron chi connectivity index (χ0n) is 9.88. The molecule has 1 fully saturated rings. The Balaban J connectivity index is 2.07. The van der Waals surface area contributed by atoms with Gasteiger partial charge in [-0.3, -0.25) is 24.8 Å². The number of hydrogen-bond acceptors (Lipinski definition) is 7. The van der Waals surface area contributed by atoms with E-state index in [1.807, 2.05) is 0 Å². The van der Waals surface area contributed by atoms with Crippen molar-refractivity contribution in [2.45, 2.75) is 19.5 Å². The van der Waals surface area contributed by atoms with Gasteiger partial charge in [0, 0.05) is 6.54 Å². The predicted molar refractivity (Wildman–Crippen MR) is 62.9 cm³/mol. The molecule has 96 valence electrons. The fraction of sp³-hybridized carbons (Fsp3) is 0.400. The van der Waals surface area contributed by atoms with Crippen molar-refractivity contribution < 1.29 is 9.59 Å². The first kappa shape index (κ1) is 12.4. The van der Waals surface area contributed by atoms with Gasteiger partial charge in [-0.25, -0.2) is 10.8 Å². The molecule has 0 bridgehead atoms. The Labute approximate surface area is 104 Å². The molecule has 1 unspecified atom stereocenters. The average molecular weight is 250 g/mol. The summed E-state index contributed by atoms with van der Waals surface area (Å²) in [5.74, 6) is 5.05. The summed E-state index contributed by atoms with van der Waals surface area (Å²) in [5.41, 5.74) is 3.05. The lowest BCUT2D eigenvalue weighted by atomic mass is 10.2. The molecule has 2 rings (SSSR count). The van der Waals surface area contributed by atoms with Crippen molar-refractivity contribution in [3.8, 4) is 0 Å². The van der Waals surface area contributed by atoms with E-state index in [-0.39, 0.29) is 24.4 Å². The van der Waals surface area contributed by atoms with Crippen LogP contribution >= 0.6 is 0 Å². The van der Waals surface area contributed by atoms with Crippen LogP contribution in [0.3, 0.4) is 0 Å². The molecule has 0 spiro atoms. The number of rotatable bonds is 3. The Morgan fingerprint density at radius 3 is 2.89 bits per heavy atom. The highest BCUT2D eigenvalue weighted by Crippen LogP contribution is 2.09. The number of amides is 2. The third-order valence-electron chi connectivity index (χ3n) is 2.75. The molecule has 1 aromatic rings. The van der Waals surface area contributed by atoms with Crippen LogP contribution in [0.4, 0.5) is 5.82 Å². The van der Waals surface area contributed by atoms with Gasteiger partial charge in [-0.15, -0.1) is 0 Å². The number of anilines is 1. The number of nitrogen functional groups attached to an aromatic ring is 1. The van der Waals surface area contributed by atoms with E-state index in [9.17, 15) is 9.59 Å². The van der Waals surface area contributed by atoms with Gasteiger partial charge >= 0.3 is 0 Å². The summed E-state index contributed by atoms with van der Waals surface area (Å²) in [4.78, 5) is 32.6. The van der Waals surface area contributed by atoms with Crippen LogP contribution < -0.4 is 16.6 Å². The molecule has 0 aliphatic carbocycles. The number of nitrogens with one attached hydrogen (secondary N) is 2. The van der Waals surface area contributed by atoms with E-state index in [0.29, 0.717) is 18.1 Å². The van der Waals surface area contributed by atoms with Crippen LogP contribution in [-0.2, 0) is 16.1 Å². The van der Waals surface area contributed by atoms with Crippen LogP contribution in [0.1, 0.15) is 12.6 Å². The van der Waals surface area contributed by atoms with Gasteiger partial charge in [0.15, 0.2) is 5.82 Å². The minimum Gasteiger partial charge on any atom is -0.307 e. The summed E-state index contributed by atoms with van der Waals surface area (Å²) in [6.07, 6.45) is 3.05. The lowest BCUT2D eigenvalue weighted by Gasteiger charge is -2.31. The van der Waals surface area contributed by atoms with Crippen LogP contribution in [0.2, 0.25) is 0 Å². The molecule has 0 aromatic carbocycles. The number of hydrazine groups is 1. The summed E-state index contributed by atoms with van der Waals surface area (Å²) in [7, 11) is 0. The number of imide groups is 1. The standard InChI is InChI=1S/C10H14N6O2/c1-6-10(18)14-9(17)5-16(6)4-7-2-13-8(15-11)3-12-7/h2-3,6H,4-5,11H2,1H3,(H,13,15)(H,14,17,18). The Hall–Kier alpha value is -2.06. The van der Waals surface area contributed by atoms with Crippen molar-refractivity contribution in [3.05, 3.63) is 18.1 Å². The molecule has 1 aliphatic heterocycles. The molecular weight excluding hydrogens is 236 g/mol. The molecule has 1 aromatic heterocycles. The lowest BCUT2D eigenvalue weighted by molar-refractivity contribution is -0.139. The quantitative estimate of drug-likeness (QED) is 0.344. The number of nitrogens with zero attached hydrogens (tertiary/aromatic N) is 3. The second-order valence-corrected chi connectivity index (χ2v) is 4.03. The van der Waals surface area contributed by atoms with Crippen molar-refractivity contribution in [2.75, 3.05) is 12.0 Å². The van der Waals surface area contributed by atoms with Gasteiger partial charge in [-0.05, 0) is 6.92 Å². The molecule has 0 saturated carbocycles. The molecule has 1 atom stereocenters. The summed E-state index contributed by atoms with van der Waals surface area (Å²) < 4.78 is 0. The van der Waals surface area contributed by atoms with Gasteiger partial charge in [0.25, 0.3) is 0 Å². The predicted octanol–water partition coefficient (Wildman–Crippen LogP) is -1.39. The summed E-state index contributed by atoms with van der Waals surface area (Å²) in [6, 6.07) is -0.364. The van der Waals surface area contributed by atoms with E-state index in [1.54, 1.807) is 18.0 Å². The van der Waals surface area contributed by atoms with E-state index in [0.717, 1.165) is 0 Å². The zero-order valence-corrected chi connectivity index (χ0v) is 9.88. The second kappa shape index (κ2) is 5.07. The van der Waals surface area contributed by atoms with Crippen molar-refractivity contribution in [3.63, 3.8) is 0 Å². The molecule has 1 saturated heterocycles. The van der Waals surface area contributed by atoms with Crippen LogP contribution in [0, 0.1) is 0 Å². The first-order valence-corrected chi connectivity index (χ1v) is 5.45. The molecule has 8 nitrogen and oxygen atoms in total. The molecule has 1 aliphatic rings. The Morgan fingerprint density at radius 2 is 2.28 bits per heavy atom. The minimum absolute atomic E-state index is 0.172. The van der Waals surface area contributed by atoms with E-state index in [4.69, 9.17) is 5.84 Å². The maximum absolute atomic E-state index is 11.5.